The van der Waals surface area contributed by atoms with Crippen molar-refractivity contribution in [2.24, 2.45) is 11.8 Å². The molecule has 4 heteroatoms. The number of rotatable bonds is 3. The van der Waals surface area contributed by atoms with E-state index in [2.05, 4.69) is 29.3 Å². The van der Waals surface area contributed by atoms with E-state index in [1.807, 2.05) is 12.1 Å². The number of nitrogens with zero attached hydrogens (tertiary/aromatic N) is 1. The van der Waals surface area contributed by atoms with Crippen LogP contribution in [0.5, 0.6) is 0 Å². The maximum Gasteiger partial charge on any atom is 0.227 e. The van der Waals surface area contributed by atoms with Crippen LogP contribution < -0.4 is 10.2 Å². The van der Waals surface area contributed by atoms with Gasteiger partial charge in [0, 0.05) is 30.4 Å². The summed E-state index contributed by atoms with van der Waals surface area (Å²) in [5.41, 5.74) is 2.09. The Hall–Kier alpha value is -1.55. The molecule has 102 valence electrons. The molecule has 2 fully saturated rings. The van der Waals surface area contributed by atoms with Crippen molar-refractivity contribution < 1.29 is 9.53 Å². The number of anilines is 2. The number of benzene rings is 1. The van der Waals surface area contributed by atoms with Crippen molar-refractivity contribution in [2.75, 3.05) is 36.5 Å². The number of carbonyl (C=O) groups excluding carboxylic acids is 1. The maximum atomic E-state index is 11.8. The van der Waals surface area contributed by atoms with Gasteiger partial charge < -0.3 is 15.0 Å². The topological polar surface area (TPSA) is 41.6 Å². The van der Waals surface area contributed by atoms with E-state index in [0.717, 1.165) is 38.4 Å². The van der Waals surface area contributed by atoms with Gasteiger partial charge in [0.05, 0.1) is 13.2 Å². The molecule has 0 bridgehead atoms. The second-order valence-corrected chi connectivity index (χ2v) is 5.46. The Balaban J connectivity index is 1.60. The Morgan fingerprint density at radius 3 is 2.47 bits per heavy atom. The summed E-state index contributed by atoms with van der Waals surface area (Å²) in [6.45, 7) is 5.57. The first kappa shape index (κ1) is 12.5. The van der Waals surface area contributed by atoms with Crippen LogP contribution in [0.25, 0.3) is 0 Å². The molecule has 4 nitrogen and oxygen atoms in total. The van der Waals surface area contributed by atoms with Gasteiger partial charge in [-0.1, -0.05) is 6.92 Å². The summed E-state index contributed by atoms with van der Waals surface area (Å²) < 4.78 is 5.34. The van der Waals surface area contributed by atoms with Crippen LogP contribution in [0.15, 0.2) is 24.3 Å². The lowest BCUT2D eigenvalue weighted by Crippen LogP contribution is -2.36. The smallest absolute Gasteiger partial charge is 0.227 e. The van der Waals surface area contributed by atoms with Crippen LogP contribution in [0.2, 0.25) is 0 Å². The van der Waals surface area contributed by atoms with Crippen LogP contribution >= 0.6 is 0 Å². The zero-order valence-electron chi connectivity index (χ0n) is 11.3. The summed E-state index contributed by atoms with van der Waals surface area (Å²) in [5.74, 6) is 0.929. The maximum absolute atomic E-state index is 11.8. The highest BCUT2D eigenvalue weighted by atomic mass is 16.5. The Morgan fingerprint density at radius 1 is 1.26 bits per heavy atom. The van der Waals surface area contributed by atoms with Crippen molar-refractivity contribution in [2.45, 2.75) is 13.3 Å². The van der Waals surface area contributed by atoms with E-state index < -0.39 is 0 Å². The molecule has 1 aromatic carbocycles. The molecule has 1 saturated carbocycles. The van der Waals surface area contributed by atoms with Gasteiger partial charge in [-0.15, -0.1) is 0 Å². The summed E-state index contributed by atoms with van der Waals surface area (Å²) in [5, 5.41) is 2.98. The van der Waals surface area contributed by atoms with Gasteiger partial charge in [0.15, 0.2) is 0 Å². The Kier molecular flexibility index (Phi) is 3.42. The van der Waals surface area contributed by atoms with Crippen LogP contribution in [0.1, 0.15) is 13.3 Å². The van der Waals surface area contributed by atoms with E-state index in [-0.39, 0.29) is 11.8 Å². The van der Waals surface area contributed by atoms with Gasteiger partial charge in [0.2, 0.25) is 5.91 Å². The van der Waals surface area contributed by atoms with Crippen molar-refractivity contribution in [3.63, 3.8) is 0 Å². The van der Waals surface area contributed by atoms with Crippen molar-refractivity contribution in [3.8, 4) is 0 Å². The molecule has 0 unspecified atom stereocenters. The monoisotopic (exact) mass is 260 g/mol. The molecule has 1 aromatic rings. The molecule has 1 aliphatic heterocycles. The zero-order valence-corrected chi connectivity index (χ0v) is 11.3. The zero-order chi connectivity index (χ0) is 13.2. The standard InChI is InChI=1S/C15H20N2O2/c1-11-10-14(11)15(18)16-12-2-4-13(5-3-12)17-6-8-19-9-7-17/h2-5,11,14H,6-10H2,1H3,(H,16,18)/t11-,14-/m0/s1. The van der Waals surface area contributed by atoms with Gasteiger partial charge in [-0.05, 0) is 36.6 Å². The number of hydrogen-bond donors (Lipinski definition) is 1. The van der Waals surface area contributed by atoms with Gasteiger partial charge in [0.25, 0.3) is 0 Å². The molecule has 1 aliphatic carbocycles. The molecule has 1 amide bonds. The molecule has 0 spiro atoms. The normalized spacial score (nSPS) is 26.1. The molecule has 1 heterocycles. The minimum atomic E-state index is 0.159. The fourth-order valence-electron chi connectivity index (χ4n) is 2.50. The Morgan fingerprint density at radius 2 is 1.89 bits per heavy atom. The minimum absolute atomic E-state index is 0.159. The highest BCUT2D eigenvalue weighted by molar-refractivity contribution is 5.94. The molecular formula is C15H20N2O2. The quantitative estimate of drug-likeness (QED) is 0.905. The van der Waals surface area contributed by atoms with Gasteiger partial charge >= 0.3 is 0 Å². The summed E-state index contributed by atoms with van der Waals surface area (Å²) in [4.78, 5) is 14.1. The number of amides is 1. The molecule has 3 rings (SSSR count). The van der Waals surface area contributed by atoms with Crippen LogP contribution in [0.4, 0.5) is 11.4 Å². The minimum Gasteiger partial charge on any atom is -0.378 e. The third kappa shape index (κ3) is 2.89. The largest absolute Gasteiger partial charge is 0.378 e. The van der Waals surface area contributed by atoms with Gasteiger partial charge in [0.1, 0.15) is 0 Å². The van der Waals surface area contributed by atoms with Crippen LogP contribution in [0.3, 0.4) is 0 Å². The number of morpholine rings is 1. The Bertz CT molecular complexity index is 452. The average molecular weight is 260 g/mol. The van der Waals surface area contributed by atoms with E-state index in [0.29, 0.717) is 5.92 Å². The van der Waals surface area contributed by atoms with Crippen LogP contribution in [0, 0.1) is 11.8 Å². The molecule has 2 atom stereocenters. The first-order chi connectivity index (χ1) is 9.24. The fraction of sp³-hybridized carbons (Fsp3) is 0.533. The molecule has 1 N–H and O–H groups in total. The van der Waals surface area contributed by atoms with E-state index in [4.69, 9.17) is 4.74 Å². The van der Waals surface area contributed by atoms with E-state index in [9.17, 15) is 4.79 Å². The van der Waals surface area contributed by atoms with Gasteiger partial charge in [-0.2, -0.15) is 0 Å². The lowest BCUT2D eigenvalue weighted by atomic mass is 10.2. The summed E-state index contributed by atoms with van der Waals surface area (Å²) in [6, 6.07) is 8.10. The third-order valence-corrected chi connectivity index (χ3v) is 3.96. The van der Waals surface area contributed by atoms with E-state index in [1.54, 1.807) is 0 Å². The van der Waals surface area contributed by atoms with E-state index in [1.165, 1.54) is 5.69 Å². The second kappa shape index (κ2) is 5.21. The average Bonchev–Trinajstić information content (AvgIpc) is 3.18. The van der Waals surface area contributed by atoms with E-state index >= 15 is 0 Å². The lowest BCUT2D eigenvalue weighted by Gasteiger charge is -2.28. The van der Waals surface area contributed by atoms with Crippen molar-refractivity contribution in [1.29, 1.82) is 0 Å². The number of ether oxygens (including phenoxy) is 1. The molecule has 19 heavy (non-hydrogen) atoms. The number of nitrogens with one attached hydrogen (secondary N) is 1. The van der Waals surface area contributed by atoms with Crippen molar-refractivity contribution in [1.82, 2.24) is 0 Å². The molecule has 2 aliphatic rings. The van der Waals surface area contributed by atoms with Crippen molar-refractivity contribution >= 4 is 17.3 Å². The number of carbonyl (C=O) groups is 1. The van der Waals surface area contributed by atoms with Gasteiger partial charge in [-0.3, -0.25) is 4.79 Å². The summed E-state index contributed by atoms with van der Waals surface area (Å²) in [6.07, 6.45) is 1.03. The first-order valence-electron chi connectivity index (χ1n) is 6.97. The predicted molar refractivity (Wildman–Crippen MR) is 75.4 cm³/mol. The summed E-state index contributed by atoms with van der Waals surface area (Å²) >= 11 is 0. The molecule has 0 aromatic heterocycles. The highest BCUT2D eigenvalue weighted by Gasteiger charge is 2.39. The Labute approximate surface area is 113 Å². The van der Waals surface area contributed by atoms with Crippen LogP contribution in [-0.2, 0) is 9.53 Å². The van der Waals surface area contributed by atoms with Gasteiger partial charge in [-0.25, -0.2) is 0 Å². The molecule has 0 radical (unpaired) electrons. The summed E-state index contributed by atoms with van der Waals surface area (Å²) in [7, 11) is 0. The third-order valence-electron chi connectivity index (χ3n) is 3.96. The first-order valence-corrected chi connectivity index (χ1v) is 6.97. The van der Waals surface area contributed by atoms with Crippen molar-refractivity contribution in [3.05, 3.63) is 24.3 Å². The fourth-order valence-corrected chi connectivity index (χ4v) is 2.50. The predicted octanol–water partition coefficient (Wildman–Crippen LogP) is 2.12. The highest BCUT2D eigenvalue weighted by Crippen LogP contribution is 2.38. The van der Waals surface area contributed by atoms with Crippen LogP contribution in [-0.4, -0.2) is 32.2 Å². The molecule has 1 saturated heterocycles. The second-order valence-electron chi connectivity index (χ2n) is 5.46. The molecular weight excluding hydrogens is 240 g/mol. The number of hydrogen-bond acceptors (Lipinski definition) is 3. The lowest BCUT2D eigenvalue weighted by molar-refractivity contribution is -0.117. The SMILES string of the molecule is C[C@H]1C[C@@H]1C(=O)Nc1ccc(N2CCOCC2)cc1.